The Bertz CT molecular complexity index is 1550. The molecule has 0 aliphatic heterocycles. The van der Waals surface area contributed by atoms with Crippen LogP contribution in [0.1, 0.15) is 44.3 Å². The van der Waals surface area contributed by atoms with Crippen LogP contribution in [0.25, 0.3) is 27.8 Å². The Balaban J connectivity index is 1.01. The smallest absolute Gasteiger partial charge is 0.223 e. The summed E-state index contributed by atoms with van der Waals surface area (Å²) in [5.41, 5.74) is 9.42. The Hall–Kier alpha value is -3.82. The number of aromatic nitrogens is 5. The number of hydrogen-bond acceptors (Lipinski definition) is 11. The molecule has 1 fully saturated rings. The normalized spacial score (nSPS) is 16.6. The van der Waals surface area contributed by atoms with Crippen LogP contribution in [0.4, 0.5) is 5.82 Å². The lowest BCUT2D eigenvalue weighted by molar-refractivity contribution is -0.126. The molecule has 3 heterocycles. The van der Waals surface area contributed by atoms with Crippen molar-refractivity contribution in [2.24, 2.45) is 5.92 Å². The van der Waals surface area contributed by atoms with E-state index in [1.54, 1.807) is 11.6 Å². The molecule has 47 heavy (non-hydrogen) atoms. The number of rotatable bonds is 20. The van der Waals surface area contributed by atoms with Gasteiger partial charge in [0.05, 0.1) is 77.8 Å². The predicted octanol–water partition coefficient (Wildman–Crippen LogP) is 3.36. The van der Waals surface area contributed by atoms with Crippen LogP contribution in [0.5, 0.6) is 5.75 Å². The number of nitrogens with zero attached hydrogens (tertiary/aromatic N) is 4. The number of H-pyrrole nitrogens is 1. The van der Waals surface area contributed by atoms with Crippen molar-refractivity contribution >= 4 is 28.1 Å². The number of amides is 1. The second-order valence-electron chi connectivity index (χ2n) is 11.3. The molecule has 256 valence electrons. The monoisotopic (exact) mass is 653 g/mol. The van der Waals surface area contributed by atoms with E-state index < -0.39 is 0 Å². The number of carbonyl (C=O) groups is 1. The van der Waals surface area contributed by atoms with Gasteiger partial charge in [0.2, 0.25) is 5.91 Å². The largest absolute Gasteiger partial charge is 0.495 e. The summed E-state index contributed by atoms with van der Waals surface area (Å²) < 4.78 is 34.5. The van der Waals surface area contributed by atoms with Crippen LogP contribution in [-0.4, -0.2) is 110 Å². The first-order valence-corrected chi connectivity index (χ1v) is 16.4. The Kier molecular flexibility index (Phi) is 13.2. The quantitative estimate of drug-likeness (QED) is 0.120. The zero-order chi connectivity index (χ0) is 32.8. The van der Waals surface area contributed by atoms with Gasteiger partial charge in [-0.2, -0.15) is 5.10 Å². The first kappa shape index (κ1) is 34.5. The second kappa shape index (κ2) is 17.9. The molecule has 1 aliphatic carbocycles. The molecule has 0 bridgehead atoms. The molecule has 1 aliphatic rings. The number of benzene rings is 1. The molecule has 0 spiro atoms. The molecule has 0 radical (unpaired) electrons. The van der Waals surface area contributed by atoms with E-state index in [0.717, 1.165) is 53.9 Å². The highest BCUT2D eigenvalue weighted by Gasteiger charge is 2.31. The van der Waals surface area contributed by atoms with Crippen molar-refractivity contribution in [3.8, 4) is 17.1 Å². The summed E-state index contributed by atoms with van der Waals surface area (Å²) in [7, 11) is 1.65. The summed E-state index contributed by atoms with van der Waals surface area (Å²) in [6.07, 6.45) is 4.62. The van der Waals surface area contributed by atoms with Crippen LogP contribution in [0.3, 0.4) is 0 Å². The third-order valence-electron chi connectivity index (χ3n) is 8.28. The van der Waals surface area contributed by atoms with Crippen molar-refractivity contribution in [1.29, 1.82) is 0 Å². The number of nitrogens with two attached hydrogens (primary N) is 1. The number of nitrogen functional groups attached to an aromatic ring is 1. The van der Waals surface area contributed by atoms with Gasteiger partial charge in [0.1, 0.15) is 29.1 Å². The summed E-state index contributed by atoms with van der Waals surface area (Å²) in [6, 6.07) is 7.93. The average Bonchev–Trinajstić information content (AvgIpc) is 3.71. The van der Waals surface area contributed by atoms with Crippen molar-refractivity contribution in [1.82, 2.24) is 29.9 Å². The highest BCUT2D eigenvalue weighted by Crippen LogP contribution is 2.39. The number of imidazole rings is 1. The van der Waals surface area contributed by atoms with Gasteiger partial charge in [-0.05, 0) is 44.7 Å². The third kappa shape index (κ3) is 9.17. The first-order chi connectivity index (χ1) is 23.1. The van der Waals surface area contributed by atoms with Gasteiger partial charge in [-0.25, -0.2) is 14.5 Å². The molecular formula is C33H47N7O7. The number of carbonyl (C=O) groups excluding carboxylic acids is 1. The van der Waals surface area contributed by atoms with Crippen LogP contribution in [-0.2, 0) is 28.5 Å². The van der Waals surface area contributed by atoms with E-state index in [1.807, 2.05) is 31.2 Å². The van der Waals surface area contributed by atoms with Crippen molar-refractivity contribution in [2.45, 2.75) is 38.5 Å². The lowest BCUT2D eigenvalue weighted by Gasteiger charge is -2.26. The van der Waals surface area contributed by atoms with Crippen molar-refractivity contribution in [2.75, 3.05) is 85.5 Å². The second-order valence-corrected chi connectivity index (χ2v) is 11.3. The summed E-state index contributed by atoms with van der Waals surface area (Å²) in [5, 5.41) is 8.55. The van der Waals surface area contributed by atoms with Crippen LogP contribution >= 0.6 is 0 Å². The maximum atomic E-state index is 12.9. The average molecular weight is 654 g/mol. The van der Waals surface area contributed by atoms with E-state index in [4.69, 9.17) is 39.1 Å². The highest BCUT2D eigenvalue weighted by atomic mass is 16.6. The SMILES string of the molecule is CCOCCOCCOCCOCCOCCNC(=O)C1CCC(c2nc(-c3cc4cccc(OC)c4[nH]3)c3c(N)ncnn23)CC1. The maximum absolute atomic E-state index is 12.9. The van der Waals surface area contributed by atoms with Crippen molar-refractivity contribution in [3.05, 3.63) is 36.4 Å². The van der Waals surface area contributed by atoms with E-state index in [1.165, 1.54) is 6.33 Å². The fourth-order valence-electron chi connectivity index (χ4n) is 5.88. The van der Waals surface area contributed by atoms with E-state index in [2.05, 4.69) is 20.4 Å². The van der Waals surface area contributed by atoms with Crippen LogP contribution < -0.4 is 15.8 Å². The lowest BCUT2D eigenvalue weighted by atomic mass is 9.81. The number of fused-ring (bicyclic) bond motifs is 2. The summed E-state index contributed by atoms with van der Waals surface area (Å²) in [6.45, 7) is 7.74. The van der Waals surface area contributed by atoms with E-state index in [9.17, 15) is 4.79 Å². The molecule has 4 aromatic rings. The van der Waals surface area contributed by atoms with E-state index >= 15 is 0 Å². The van der Waals surface area contributed by atoms with Gasteiger partial charge in [0, 0.05) is 30.4 Å². The number of nitrogens with one attached hydrogen (secondary N) is 2. The van der Waals surface area contributed by atoms with Gasteiger partial charge in [-0.1, -0.05) is 12.1 Å². The predicted molar refractivity (Wildman–Crippen MR) is 177 cm³/mol. The van der Waals surface area contributed by atoms with Crippen LogP contribution in [0.2, 0.25) is 0 Å². The van der Waals surface area contributed by atoms with Crippen LogP contribution in [0, 0.1) is 5.92 Å². The van der Waals surface area contributed by atoms with Crippen molar-refractivity contribution in [3.63, 3.8) is 0 Å². The Morgan fingerprint density at radius 2 is 1.62 bits per heavy atom. The summed E-state index contributed by atoms with van der Waals surface area (Å²) >= 11 is 0. The fourth-order valence-corrected chi connectivity index (χ4v) is 5.88. The zero-order valence-corrected chi connectivity index (χ0v) is 27.4. The standard InChI is InChI=1S/C33H47N7O7/c1-3-43-13-14-45-17-18-47-20-19-46-16-15-44-12-11-35-33(41)24-9-7-23(8-10-24)32-39-29(30-31(34)36-22-37-40(30)32)26-21-25-5-4-6-27(42-2)28(25)38-26/h4-6,21-24,38H,3,7-20H2,1-2H3,(H,35,41)(H2,34,36,37). The van der Waals surface area contributed by atoms with Gasteiger partial charge in [0.25, 0.3) is 0 Å². The Morgan fingerprint density at radius 1 is 0.957 bits per heavy atom. The van der Waals surface area contributed by atoms with E-state index in [-0.39, 0.29) is 17.7 Å². The number of aromatic amines is 1. The summed E-state index contributed by atoms with van der Waals surface area (Å²) in [5.74, 6) is 2.11. The molecule has 14 heteroatoms. The minimum Gasteiger partial charge on any atom is -0.495 e. The molecule has 0 atom stereocenters. The van der Waals surface area contributed by atoms with Crippen LogP contribution in [0.15, 0.2) is 30.6 Å². The third-order valence-corrected chi connectivity index (χ3v) is 8.28. The Morgan fingerprint density at radius 3 is 2.28 bits per heavy atom. The number of methoxy groups -OCH3 is 1. The number of ether oxygens (including phenoxy) is 6. The maximum Gasteiger partial charge on any atom is 0.223 e. The molecule has 14 nitrogen and oxygen atoms in total. The fraction of sp³-hybridized carbons (Fsp3) is 0.576. The van der Waals surface area contributed by atoms with E-state index in [0.29, 0.717) is 89.6 Å². The zero-order valence-electron chi connectivity index (χ0n) is 27.4. The molecule has 4 N–H and O–H groups in total. The number of hydrogen-bond donors (Lipinski definition) is 3. The van der Waals surface area contributed by atoms with Gasteiger partial charge >= 0.3 is 0 Å². The Labute approximate surface area is 274 Å². The topological polar surface area (TPSA) is 169 Å². The lowest BCUT2D eigenvalue weighted by Crippen LogP contribution is -2.35. The minimum absolute atomic E-state index is 0.0452. The van der Waals surface area contributed by atoms with Gasteiger partial charge in [-0.15, -0.1) is 0 Å². The van der Waals surface area contributed by atoms with Gasteiger partial charge in [-0.3, -0.25) is 4.79 Å². The molecule has 1 aromatic carbocycles. The first-order valence-electron chi connectivity index (χ1n) is 16.4. The highest BCUT2D eigenvalue weighted by molar-refractivity contribution is 5.93. The van der Waals surface area contributed by atoms with Crippen molar-refractivity contribution < 1.29 is 33.2 Å². The van der Waals surface area contributed by atoms with Gasteiger partial charge < -0.3 is 44.5 Å². The molecule has 3 aromatic heterocycles. The molecule has 1 saturated carbocycles. The molecule has 1 amide bonds. The minimum atomic E-state index is -0.0452. The molecule has 0 saturated heterocycles. The summed E-state index contributed by atoms with van der Waals surface area (Å²) in [4.78, 5) is 25.6. The molecule has 5 rings (SSSR count). The van der Waals surface area contributed by atoms with Gasteiger partial charge in [0.15, 0.2) is 5.82 Å². The number of para-hydroxylation sites is 1. The molecule has 0 unspecified atom stereocenters. The number of anilines is 1. The molecular weight excluding hydrogens is 606 g/mol.